The summed E-state index contributed by atoms with van der Waals surface area (Å²) in [5.74, 6) is 0.366. The number of carbonyl (C=O) groups is 2. The minimum Gasteiger partial charge on any atom is -0.384 e. The number of nitrogens with zero attached hydrogens (tertiary/aromatic N) is 2. The van der Waals surface area contributed by atoms with Crippen LogP contribution in [-0.4, -0.2) is 21.7 Å². The molecule has 2 rings (SSSR count). The van der Waals surface area contributed by atoms with Crippen LogP contribution in [0.4, 0.5) is 5.82 Å². The van der Waals surface area contributed by atoms with E-state index >= 15 is 0 Å². The normalized spacial score (nSPS) is 17.6. The fraction of sp³-hybridized carbons (Fsp3) is 0.417. The number of rotatable bonds is 2. The van der Waals surface area contributed by atoms with E-state index in [9.17, 15) is 9.59 Å². The summed E-state index contributed by atoms with van der Waals surface area (Å²) in [6.45, 7) is 2.20. The first-order valence-corrected chi connectivity index (χ1v) is 5.60. The molecule has 17 heavy (non-hydrogen) atoms. The predicted molar refractivity (Wildman–Crippen MR) is 62.6 cm³/mol. The smallest absolute Gasteiger partial charge is 0.229 e. The summed E-state index contributed by atoms with van der Waals surface area (Å²) in [4.78, 5) is 28.7. The van der Waals surface area contributed by atoms with Crippen molar-refractivity contribution in [1.29, 1.82) is 0 Å². The zero-order chi connectivity index (χ0) is 12.4. The van der Waals surface area contributed by atoms with E-state index in [1.54, 1.807) is 18.3 Å². The maximum Gasteiger partial charge on any atom is 0.229 e. The maximum absolute atomic E-state index is 11.7. The lowest BCUT2D eigenvalue weighted by Gasteiger charge is -2.28. The molecule has 2 N–H and O–H groups in total. The predicted octanol–water partition coefficient (Wildman–Crippen LogP) is 0.949. The minimum absolute atomic E-state index is 0.106. The van der Waals surface area contributed by atoms with Crippen LogP contribution < -0.4 is 5.73 Å². The van der Waals surface area contributed by atoms with Crippen LogP contribution in [0.5, 0.6) is 0 Å². The lowest BCUT2D eigenvalue weighted by Crippen LogP contribution is -2.42. The van der Waals surface area contributed by atoms with Gasteiger partial charge in [0.15, 0.2) is 0 Å². The Kier molecular flexibility index (Phi) is 3.08. The summed E-state index contributed by atoms with van der Waals surface area (Å²) < 4.78 is 0. The van der Waals surface area contributed by atoms with Crippen LogP contribution in [0.1, 0.15) is 25.3 Å². The van der Waals surface area contributed by atoms with Crippen molar-refractivity contribution in [2.24, 2.45) is 5.92 Å². The number of nitrogen functional groups attached to an aromatic ring is 1. The summed E-state index contributed by atoms with van der Waals surface area (Å²) in [5.41, 5.74) is 6.29. The van der Waals surface area contributed by atoms with E-state index in [2.05, 4.69) is 4.98 Å². The Morgan fingerprint density at radius 1 is 1.35 bits per heavy atom. The standard InChI is InChI=1S/C12H15N3O2/c1-8-4-11(16)15(12(17)5-8)7-9-2-3-10(13)14-6-9/h2-3,6,8H,4-5,7H2,1H3,(H2,13,14). The monoisotopic (exact) mass is 233 g/mol. The molecule has 0 saturated carbocycles. The largest absolute Gasteiger partial charge is 0.384 e. The highest BCUT2D eigenvalue weighted by atomic mass is 16.2. The first-order chi connectivity index (χ1) is 8.06. The van der Waals surface area contributed by atoms with Gasteiger partial charge in [-0.2, -0.15) is 0 Å². The van der Waals surface area contributed by atoms with Gasteiger partial charge >= 0.3 is 0 Å². The summed E-state index contributed by atoms with van der Waals surface area (Å²) in [5, 5.41) is 0. The first-order valence-electron chi connectivity index (χ1n) is 5.60. The zero-order valence-corrected chi connectivity index (χ0v) is 9.72. The molecule has 0 aliphatic carbocycles. The number of likely N-dealkylation sites (tertiary alicyclic amines) is 1. The van der Waals surface area contributed by atoms with Crippen molar-refractivity contribution in [3.63, 3.8) is 0 Å². The molecule has 5 nitrogen and oxygen atoms in total. The summed E-state index contributed by atoms with van der Waals surface area (Å²) in [6.07, 6.45) is 2.47. The Morgan fingerprint density at radius 3 is 2.53 bits per heavy atom. The van der Waals surface area contributed by atoms with E-state index in [4.69, 9.17) is 5.73 Å². The summed E-state index contributed by atoms with van der Waals surface area (Å²) in [6, 6.07) is 3.44. The van der Waals surface area contributed by atoms with Crippen LogP contribution in [0.3, 0.4) is 0 Å². The van der Waals surface area contributed by atoms with Crippen LogP contribution in [0.2, 0.25) is 0 Å². The molecule has 0 bridgehead atoms. The van der Waals surface area contributed by atoms with Gasteiger partial charge in [-0.1, -0.05) is 13.0 Å². The molecule has 1 fully saturated rings. The van der Waals surface area contributed by atoms with Gasteiger partial charge in [-0.25, -0.2) is 4.98 Å². The number of aromatic nitrogens is 1. The third-order valence-corrected chi connectivity index (χ3v) is 2.84. The molecule has 1 aliphatic rings. The highest BCUT2D eigenvalue weighted by Crippen LogP contribution is 2.20. The number of nitrogens with two attached hydrogens (primary N) is 1. The van der Waals surface area contributed by atoms with Gasteiger partial charge in [0, 0.05) is 19.0 Å². The fourth-order valence-electron chi connectivity index (χ4n) is 1.92. The van der Waals surface area contributed by atoms with E-state index in [0.29, 0.717) is 18.7 Å². The lowest BCUT2D eigenvalue weighted by molar-refractivity contribution is -0.150. The third-order valence-electron chi connectivity index (χ3n) is 2.84. The molecule has 2 heterocycles. The Bertz CT molecular complexity index is 424. The van der Waals surface area contributed by atoms with Gasteiger partial charge in [0.1, 0.15) is 5.82 Å². The molecule has 1 saturated heterocycles. The van der Waals surface area contributed by atoms with E-state index in [1.165, 1.54) is 4.90 Å². The van der Waals surface area contributed by atoms with Crippen LogP contribution in [0.25, 0.3) is 0 Å². The number of carbonyl (C=O) groups excluding carboxylic acids is 2. The molecule has 1 aromatic heterocycles. The molecule has 0 radical (unpaired) electrons. The molecule has 0 atom stereocenters. The van der Waals surface area contributed by atoms with Gasteiger partial charge < -0.3 is 5.73 Å². The van der Waals surface area contributed by atoms with Gasteiger partial charge in [-0.15, -0.1) is 0 Å². The number of amides is 2. The molecule has 1 aliphatic heterocycles. The number of hydrogen-bond acceptors (Lipinski definition) is 4. The Labute approximate surface area is 99.6 Å². The number of anilines is 1. The quantitative estimate of drug-likeness (QED) is 0.771. The molecule has 0 unspecified atom stereocenters. The number of pyridine rings is 1. The Hall–Kier alpha value is -1.91. The van der Waals surface area contributed by atoms with E-state index in [-0.39, 0.29) is 24.3 Å². The first kappa shape index (κ1) is 11.6. The fourth-order valence-corrected chi connectivity index (χ4v) is 1.92. The van der Waals surface area contributed by atoms with Gasteiger partial charge in [0.05, 0.1) is 6.54 Å². The number of imide groups is 1. The zero-order valence-electron chi connectivity index (χ0n) is 9.72. The van der Waals surface area contributed by atoms with Gasteiger partial charge in [0.2, 0.25) is 11.8 Å². The van der Waals surface area contributed by atoms with Crippen molar-refractivity contribution in [3.05, 3.63) is 23.9 Å². The van der Waals surface area contributed by atoms with Crippen LogP contribution >= 0.6 is 0 Å². The maximum atomic E-state index is 11.7. The van der Waals surface area contributed by atoms with E-state index < -0.39 is 0 Å². The van der Waals surface area contributed by atoms with Crippen molar-refractivity contribution in [2.75, 3.05) is 5.73 Å². The second kappa shape index (κ2) is 4.53. The third kappa shape index (κ3) is 2.61. The molecule has 0 aromatic carbocycles. The summed E-state index contributed by atoms with van der Waals surface area (Å²) >= 11 is 0. The number of piperidine rings is 1. The SMILES string of the molecule is CC1CC(=O)N(Cc2ccc(N)nc2)C(=O)C1. The lowest BCUT2D eigenvalue weighted by atomic mass is 9.97. The van der Waals surface area contributed by atoms with Gasteiger partial charge in [-0.05, 0) is 17.5 Å². The van der Waals surface area contributed by atoms with Gasteiger partial charge in [-0.3, -0.25) is 14.5 Å². The van der Waals surface area contributed by atoms with Crippen LogP contribution in [0, 0.1) is 5.92 Å². The minimum atomic E-state index is -0.106. The highest BCUT2D eigenvalue weighted by Gasteiger charge is 2.30. The van der Waals surface area contributed by atoms with Crippen LogP contribution in [-0.2, 0) is 16.1 Å². The van der Waals surface area contributed by atoms with Crippen molar-refractivity contribution in [3.8, 4) is 0 Å². The van der Waals surface area contributed by atoms with Crippen molar-refractivity contribution in [1.82, 2.24) is 9.88 Å². The second-order valence-electron chi connectivity index (χ2n) is 4.48. The average molecular weight is 233 g/mol. The molecular weight excluding hydrogens is 218 g/mol. The molecule has 5 heteroatoms. The molecule has 1 aromatic rings. The highest BCUT2D eigenvalue weighted by molar-refractivity contribution is 5.97. The molecular formula is C12H15N3O2. The Balaban J connectivity index is 2.10. The number of hydrogen-bond donors (Lipinski definition) is 1. The average Bonchev–Trinajstić information content (AvgIpc) is 2.26. The van der Waals surface area contributed by atoms with Crippen molar-refractivity contribution in [2.45, 2.75) is 26.3 Å². The van der Waals surface area contributed by atoms with E-state index in [0.717, 1.165) is 5.56 Å². The van der Waals surface area contributed by atoms with Crippen molar-refractivity contribution < 1.29 is 9.59 Å². The Morgan fingerprint density at radius 2 is 2.00 bits per heavy atom. The van der Waals surface area contributed by atoms with E-state index in [1.807, 2.05) is 6.92 Å². The topological polar surface area (TPSA) is 76.3 Å². The summed E-state index contributed by atoms with van der Waals surface area (Å²) in [7, 11) is 0. The molecule has 2 amide bonds. The molecule has 0 spiro atoms. The second-order valence-corrected chi connectivity index (χ2v) is 4.48. The van der Waals surface area contributed by atoms with Crippen molar-refractivity contribution >= 4 is 17.6 Å². The van der Waals surface area contributed by atoms with Gasteiger partial charge in [0.25, 0.3) is 0 Å². The molecule has 90 valence electrons. The van der Waals surface area contributed by atoms with Crippen LogP contribution in [0.15, 0.2) is 18.3 Å².